The Morgan fingerprint density at radius 1 is 0.358 bits per heavy atom. The van der Waals surface area contributed by atoms with Crippen LogP contribution in [0.1, 0.15) is 17.9 Å². The number of nitrogens with zero attached hydrogens (tertiary/aromatic N) is 5. The Kier molecular flexibility index (Phi) is 10.9. The highest BCUT2D eigenvalue weighted by Crippen LogP contribution is 2.48. The molecular formula is C75H49N5O. The molecule has 0 spiro atoms. The lowest BCUT2D eigenvalue weighted by molar-refractivity contribution is 0.673. The molecule has 0 amide bonds. The quantitative estimate of drug-likeness (QED) is 0.145. The lowest BCUT2D eigenvalue weighted by atomic mass is 9.89. The molecule has 1 unspecified atom stereocenters. The van der Waals surface area contributed by atoms with Crippen molar-refractivity contribution in [2.75, 3.05) is 0 Å². The summed E-state index contributed by atoms with van der Waals surface area (Å²) in [5.74, 6) is 2.10. The van der Waals surface area contributed by atoms with E-state index in [1.165, 1.54) is 10.9 Å². The van der Waals surface area contributed by atoms with Gasteiger partial charge in [-0.15, -0.1) is 0 Å². The molecule has 16 rings (SSSR count). The monoisotopic (exact) mass is 1040 g/mol. The fourth-order valence-electron chi connectivity index (χ4n) is 12.4. The van der Waals surface area contributed by atoms with E-state index >= 15 is 0 Å². The highest BCUT2D eigenvalue weighted by molar-refractivity contribution is 6.26. The summed E-state index contributed by atoms with van der Waals surface area (Å²) >= 11 is 0. The molecule has 0 N–H and O–H groups in total. The number of fused-ring (bicyclic) bond motifs is 10. The summed E-state index contributed by atoms with van der Waals surface area (Å²) in [7, 11) is 0. The molecule has 6 nitrogen and oxygen atoms in total. The first-order chi connectivity index (χ1) is 40.2. The number of hydrogen-bond donors (Lipinski definition) is 0. The number of hydrogen-bond acceptors (Lipinski definition) is 4. The largest absolute Gasteiger partial charge is 0.455 e. The molecule has 0 saturated carbocycles. The van der Waals surface area contributed by atoms with Crippen molar-refractivity contribution in [2.24, 2.45) is 0 Å². The average Bonchev–Trinajstić information content (AvgIpc) is 4.23. The van der Waals surface area contributed by atoms with Crippen molar-refractivity contribution in [2.45, 2.75) is 12.3 Å². The molecule has 0 fully saturated rings. The van der Waals surface area contributed by atoms with Crippen LogP contribution < -0.4 is 0 Å². The van der Waals surface area contributed by atoms with Crippen LogP contribution >= 0.6 is 0 Å². The highest BCUT2D eigenvalue weighted by atomic mass is 16.3. The molecule has 380 valence electrons. The fourth-order valence-corrected chi connectivity index (χ4v) is 12.4. The second-order valence-corrected chi connectivity index (χ2v) is 21.0. The van der Waals surface area contributed by atoms with Gasteiger partial charge in [-0.3, -0.25) is 0 Å². The van der Waals surface area contributed by atoms with Gasteiger partial charge in [-0.05, 0) is 94.9 Å². The van der Waals surface area contributed by atoms with Gasteiger partial charge in [0.05, 0.1) is 33.1 Å². The molecule has 4 aromatic heterocycles. The van der Waals surface area contributed by atoms with E-state index in [0.29, 0.717) is 23.4 Å². The molecule has 6 heteroatoms. The number of benzene rings is 11. The first-order valence-corrected chi connectivity index (χ1v) is 27.7. The van der Waals surface area contributed by atoms with Gasteiger partial charge < -0.3 is 13.6 Å². The van der Waals surface area contributed by atoms with E-state index in [9.17, 15) is 0 Å². The second-order valence-electron chi connectivity index (χ2n) is 21.0. The summed E-state index contributed by atoms with van der Waals surface area (Å²) < 4.78 is 12.1. The summed E-state index contributed by atoms with van der Waals surface area (Å²) in [6.07, 6.45) is 9.82. The maximum absolute atomic E-state index is 7.27. The number of para-hydroxylation sites is 3. The van der Waals surface area contributed by atoms with Crippen LogP contribution in [-0.4, -0.2) is 24.1 Å². The van der Waals surface area contributed by atoms with Crippen molar-refractivity contribution >= 4 is 65.6 Å². The molecule has 1 aliphatic rings. The van der Waals surface area contributed by atoms with Gasteiger partial charge in [-0.25, -0.2) is 15.0 Å². The molecule has 1 aliphatic carbocycles. The Balaban J connectivity index is 0.991. The fraction of sp³-hybridized carbons (Fsp3) is 0.0267. The lowest BCUT2D eigenvalue weighted by Gasteiger charge is -2.22. The van der Waals surface area contributed by atoms with Gasteiger partial charge in [0.25, 0.3) is 0 Å². The summed E-state index contributed by atoms with van der Waals surface area (Å²) in [5.41, 5.74) is 18.7. The van der Waals surface area contributed by atoms with Gasteiger partial charge in [0, 0.05) is 66.4 Å². The van der Waals surface area contributed by atoms with Crippen molar-refractivity contribution in [3.63, 3.8) is 0 Å². The van der Waals surface area contributed by atoms with E-state index in [1.54, 1.807) is 0 Å². The summed E-state index contributed by atoms with van der Waals surface area (Å²) in [5, 5.41) is 6.65. The summed E-state index contributed by atoms with van der Waals surface area (Å²) in [6, 6.07) is 91.1. The van der Waals surface area contributed by atoms with Gasteiger partial charge in [0.2, 0.25) is 0 Å². The zero-order valence-electron chi connectivity index (χ0n) is 44.0. The van der Waals surface area contributed by atoms with Crippen molar-refractivity contribution in [3.05, 3.63) is 285 Å². The Morgan fingerprint density at radius 3 is 1.52 bits per heavy atom. The minimum atomic E-state index is 0.299. The van der Waals surface area contributed by atoms with Crippen LogP contribution in [0.25, 0.3) is 144 Å². The third-order valence-electron chi connectivity index (χ3n) is 16.3. The van der Waals surface area contributed by atoms with Crippen LogP contribution in [0.15, 0.2) is 284 Å². The van der Waals surface area contributed by atoms with Crippen molar-refractivity contribution in [1.29, 1.82) is 0 Å². The molecule has 81 heavy (non-hydrogen) atoms. The minimum absolute atomic E-state index is 0.299. The maximum atomic E-state index is 7.27. The van der Waals surface area contributed by atoms with E-state index in [2.05, 4.69) is 252 Å². The van der Waals surface area contributed by atoms with Gasteiger partial charge in [-0.2, -0.15) is 0 Å². The minimum Gasteiger partial charge on any atom is -0.455 e. The predicted molar refractivity (Wildman–Crippen MR) is 334 cm³/mol. The molecule has 0 saturated heterocycles. The normalized spacial score (nSPS) is 13.4. The van der Waals surface area contributed by atoms with Crippen LogP contribution in [0.5, 0.6) is 0 Å². The van der Waals surface area contributed by atoms with Crippen LogP contribution in [0.2, 0.25) is 0 Å². The SMILES string of the molecule is C1=CCC(c2ccc(-c3cc(-c4nc(-c5ccccc5)nc(-c5ccccc5)n4)cc(-c4ccc(-c5ccccc5)cc4)c3-n3c4ccccc4c4c5oc6cc7c8ccccc8n(-c8ccccc8)c7cc6c5ccc43)cc2)C=C1. The van der Waals surface area contributed by atoms with Gasteiger partial charge in [0.1, 0.15) is 11.2 Å². The number of rotatable bonds is 9. The summed E-state index contributed by atoms with van der Waals surface area (Å²) in [6.45, 7) is 0. The van der Waals surface area contributed by atoms with Crippen molar-refractivity contribution in [3.8, 4) is 78.9 Å². The van der Waals surface area contributed by atoms with Gasteiger partial charge >= 0.3 is 0 Å². The van der Waals surface area contributed by atoms with E-state index in [0.717, 1.165) is 128 Å². The summed E-state index contributed by atoms with van der Waals surface area (Å²) in [4.78, 5) is 15.8. The zero-order valence-corrected chi connectivity index (χ0v) is 44.0. The smallest absolute Gasteiger partial charge is 0.164 e. The topological polar surface area (TPSA) is 61.7 Å². The van der Waals surface area contributed by atoms with Crippen LogP contribution in [-0.2, 0) is 0 Å². The van der Waals surface area contributed by atoms with Gasteiger partial charge in [-0.1, -0.05) is 218 Å². The zero-order chi connectivity index (χ0) is 53.4. The molecule has 0 aliphatic heterocycles. The molecule has 15 aromatic rings. The first-order valence-electron chi connectivity index (χ1n) is 27.7. The Hall–Kier alpha value is -10.7. The third kappa shape index (κ3) is 7.83. The second kappa shape index (κ2) is 19.0. The third-order valence-corrected chi connectivity index (χ3v) is 16.3. The van der Waals surface area contributed by atoms with Crippen LogP contribution in [0.3, 0.4) is 0 Å². The molecule has 0 radical (unpaired) electrons. The molecular weight excluding hydrogens is 987 g/mol. The van der Waals surface area contributed by atoms with Crippen molar-refractivity contribution in [1.82, 2.24) is 24.1 Å². The van der Waals surface area contributed by atoms with E-state index < -0.39 is 0 Å². The molecule has 4 heterocycles. The van der Waals surface area contributed by atoms with Crippen LogP contribution in [0, 0.1) is 0 Å². The van der Waals surface area contributed by atoms with Crippen LogP contribution in [0.4, 0.5) is 0 Å². The van der Waals surface area contributed by atoms with Gasteiger partial charge in [0.15, 0.2) is 17.5 Å². The number of allylic oxidation sites excluding steroid dienone is 4. The molecule has 1 atom stereocenters. The van der Waals surface area contributed by atoms with E-state index in [4.69, 9.17) is 19.4 Å². The van der Waals surface area contributed by atoms with E-state index in [1.807, 2.05) is 36.4 Å². The Labute approximate surface area is 467 Å². The first kappa shape index (κ1) is 46.4. The number of furan rings is 1. The maximum Gasteiger partial charge on any atom is 0.164 e. The standard InChI is InChI=1S/C75H49N5O/c1-6-20-48(21-7-1)50-34-38-52(39-35-50)61-44-56(75-77-73(54-24-10-3-11-25-54)76-74(78-75)55-26-12-4-13-27-55)45-62(53-40-36-51(37-41-53)49-22-8-2-9-23-49)71(61)80-66-33-19-17-31-60(66)70-67(80)43-42-59-64-46-68-63(47-69(64)81-72(59)70)58-30-16-18-32-65(58)79(68)57-28-14-5-15-29-57/h1-22,24-47,49H,23H2. The Morgan fingerprint density at radius 2 is 0.889 bits per heavy atom. The average molecular weight is 1040 g/mol. The Bertz CT molecular complexity index is 4920. The van der Waals surface area contributed by atoms with Crippen molar-refractivity contribution < 1.29 is 4.42 Å². The predicted octanol–water partition coefficient (Wildman–Crippen LogP) is 19.6. The lowest BCUT2D eigenvalue weighted by Crippen LogP contribution is -2.04. The molecule has 11 aromatic carbocycles. The van der Waals surface area contributed by atoms with E-state index in [-0.39, 0.29) is 0 Å². The molecule has 0 bridgehead atoms. The highest BCUT2D eigenvalue weighted by Gasteiger charge is 2.26. The number of aromatic nitrogens is 5.